The van der Waals surface area contributed by atoms with E-state index in [0.29, 0.717) is 16.8 Å². The van der Waals surface area contributed by atoms with Crippen molar-refractivity contribution in [1.82, 2.24) is 4.98 Å². The first-order valence-corrected chi connectivity index (χ1v) is 6.45. The Labute approximate surface area is 125 Å². The Morgan fingerprint density at radius 2 is 1.95 bits per heavy atom. The van der Waals surface area contributed by atoms with Gasteiger partial charge in [0.2, 0.25) is 0 Å². The second-order valence-corrected chi connectivity index (χ2v) is 4.75. The molecule has 0 fully saturated rings. The Hall–Kier alpha value is -3.39. The lowest BCUT2D eigenvalue weighted by Crippen LogP contribution is -1.99. The van der Waals surface area contributed by atoms with Gasteiger partial charge in [-0.25, -0.2) is 4.79 Å². The van der Waals surface area contributed by atoms with Crippen LogP contribution in [0.4, 0.5) is 0 Å². The summed E-state index contributed by atoms with van der Waals surface area (Å²) < 4.78 is 0. The van der Waals surface area contributed by atoms with Gasteiger partial charge in [0.15, 0.2) is 0 Å². The number of nitrogens with zero attached hydrogens (tertiary/aromatic N) is 2. The third kappa shape index (κ3) is 2.23. The summed E-state index contributed by atoms with van der Waals surface area (Å²) in [5.41, 5.74) is 1.28. The standard InChI is InChI=1S/C17H10N2O3/c18-8-10-5-11-3-1-2-4-12(11)13(6-10)15-7-14(17(21)22)16(20)9-19-15/h1-7,9,20H,(H,21,22). The highest BCUT2D eigenvalue weighted by atomic mass is 16.4. The van der Waals surface area contributed by atoms with Crippen molar-refractivity contribution in [3.8, 4) is 23.1 Å². The number of carboxylic acids is 1. The highest BCUT2D eigenvalue weighted by Gasteiger charge is 2.14. The number of carbonyl (C=O) groups is 1. The maximum Gasteiger partial charge on any atom is 0.339 e. The Bertz CT molecular complexity index is 942. The minimum absolute atomic E-state index is 0.226. The van der Waals surface area contributed by atoms with E-state index in [1.807, 2.05) is 24.3 Å². The van der Waals surface area contributed by atoms with E-state index in [-0.39, 0.29) is 5.56 Å². The molecule has 0 amide bonds. The van der Waals surface area contributed by atoms with Gasteiger partial charge in [0.25, 0.3) is 0 Å². The van der Waals surface area contributed by atoms with E-state index < -0.39 is 11.7 Å². The van der Waals surface area contributed by atoms with Gasteiger partial charge in [-0.1, -0.05) is 24.3 Å². The fraction of sp³-hybridized carbons (Fsp3) is 0. The Kier molecular flexibility index (Phi) is 3.20. The molecule has 1 heterocycles. The summed E-state index contributed by atoms with van der Waals surface area (Å²) in [5, 5.41) is 29.6. The van der Waals surface area contributed by atoms with Gasteiger partial charge >= 0.3 is 5.97 Å². The molecule has 0 aliphatic carbocycles. The number of pyridine rings is 1. The summed E-state index contributed by atoms with van der Waals surface area (Å²) in [4.78, 5) is 15.2. The minimum Gasteiger partial charge on any atom is -0.505 e. The van der Waals surface area contributed by atoms with Crippen LogP contribution in [-0.4, -0.2) is 21.2 Å². The summed E-state index contributed by atoms with van der Waals surface area (Å²) in [6.07, 6.45) is 1.10. The fourth-order valence-corrected chi connectivity index (χ4v) is 2.35. The number of hydrogen-bond donors (Lipinski definition) is 2. The zero-order valence-electron chi connectivity index (χ0n) is 11.3. The van der Waals surface area contributed by atoms with Gasteiger partial charge in [0, 0.05) is 5.56 Å². The third-order valence-corrected chi connectivity index (χ3v) is 3.38. The zero-order valence-corrected chi connectivity index (χ0v) is 11.3. The van der Waals surface area contributed by atoms with Gasteiger partial charge in [-0.3, -0.25) is 4.98 Å². The number of benzene rings is 2. The van der Waals surface area contributed by atoms with Crippen LogP contribution in [0.3, 0.4) is 0 Å². The SMILES string of the molecule is N#Cc1cc(-c2cc(C(=O)O)c(O)cn2)c2ccccc2c1. The molecule has 2 N–H and O–H groups in total. The second kappa shape index (κ2) is 5.19. The summed E-state index contributed by atoms with van der Waals surface area (Å²) in [6, 6.07) is 14.3. The van der Waals surface area contributed by atoms with E-state index in [1.54, 1.807) is 12.1 Å². The molecule has 0 saturated heterocycles. The lowest BCUT2D eigenvalue weighted by atomic mass is 9.98. The zero-order chi connectivity index (χ0) is 15.7. The highest BCUT2D eigenvalue weighted by molar-refractivity contribution is 5.98. The molecular formula is C17H10N2O3. The molecule has 106 valence electrons. The molecule has 0 atom stereocenters. The topological polar surface area (TPSA) is 94.2 Å². The van der Waals surface area contributed by atoms with Gasteiger partial charge in [0.1, 0.15) is 11.3 Å². The van der Waals surface area contributed by atoms with Crippen molar-refractivity contribution in [3.05, 3.63) is 59.8 Å². The Morgan fingerprint density at radius 3 is 2.68 bits per heavy atom. The van der Waals surface area contributed by atoms with Gasteiger partial charge < -0.3 is 10.2 Å². The van der Waals surface area contributed by atoms with E-state index in [4.69, 9.17) is 10.4 Å². The van der Waals surface area contributed by atoms with Gasteiger partial charge in [-0.05, 0) is 29.0 Å². The van der Waals surface area contributed by atoms with Crippen molar-refractivity contribution in [3.63, 3.8) is 0 Å². The number of aromatic carboxylic acids is 1. The fourth-order valence-electron chi connectivity index (χ4n) is 2.35. The number of aromatic nitrogens is 1. The van der Waals surface area contributed by atoms with Crippen LogP contribution in [0, 0.1) is 11.3 Å². The van der Waals surface area contributed by atoms with E-state index >= 15 is 0 Å². The summed E-state index contributed by atoms with van der Waals surface area (Å²) in [7, 11) is 0. The Morgan fingerprint density at radius 1 is 1.18 bits per heavy atom. The average molecular weight is 290 g/mol. The molecule has 5 heteroatoms. The maximum absolute atomic E-state index is 11.2. The van der Waals surface area contributed by atoms with Crippen LogP contribution in [0.25, 0.3) is 22.0 Å². The normalized spacial score (nSPS) is 10.3. The number of aromatic hydroxyl groups is 1. The number of hydrogen-bond acceptors (Lipinski definition) is 4. The lowest BCUT2D eigenvalue weighted by Gasteiger charge is -2.08. The molecular weight excluding hydrogens is 280 g/mol. The van der Waals surface area contributed by atoms with Crippen molar-refractivity contribution in [1.29, 1.82) is 5.26 Å². The predicted molar refractivity (Wildman–Crippen MR) is 80.5 cm³/mol. The van der Waals surface area contributed by atoms with Gasteiger partial charge in [0.05, 0.1) is 23.5 Å². The highest BCUT2D eigenvalue weighted by Crippen LogP contribution is 2.31. The number of fused-ring (bicyclic) bond motifs is 1. The first-order valence-electron chi connectivity index (χ1n) is 6.45. The molecule has 0 saturated carbocycles. The average Bonchev–Trinajstić information content (AvgIpc) is 2.54. The van der Waals surface area contributed by atoms with Crippen LogP contribution in [-0.2, 0) is 0 Å². The molecule has 22 heavy (non-hydrogen) atoms. The molecule has 0 unspecified atom stereocenters. The third-order valence-electron chi connectivity index (χ3n) is 3.38. The summed E-state index contributed by atoms with van der Waals surface area (Å²) in [6.45, 7) is 0. The Balaban J connectivity index is 2.33. The van der Waals surface area contributed by atoms with Crippen molar-refractivity contribution in [2.45, 2.75) is 0 Å². The predicted octanol–water partition coefficient (Wildman–Crippen LogP) is 3.18. The van der Waals surface area contributed by atoms with Crippen molar-refractivity contribution in [2.24, 2.45) is 0 Å². The monoisotopic (exact) mass is 290 g/mol. The summed E-state index contributed by atoms with van der Waals surface area (Å²) >= 11 is 0. The first kappa shape index (κ1) is 13.6. The number of nitriles is 1. The molecule has 3 aromatic rings. The molecule has 0 aliphatic rings. The smallest absolute Gasteiger partial charge is 0.339 e. The minimum atomic E-state index is -1.23. The van der Waals surface area contributed by atoms with Crippen LogP contribution in [0.5, 0.6) is 5.75 Å². The largest absolute Gasteiger partial charge is 0.505 e. The molecule has 1 aromatic heterocycles. The van der Waals surface area contributed by atoms with Gasteiger partial charge in [-0.15, -0.1) is 0 Å². The van der Waals surface area contributed by atoms with Crippen LogP contribution in [0.15, 0.2) is 48.7 Å². The maximum atomic E-state index is 11.2. The number of carboxylic acid groups (broad SMARTS) is 1. The van der Waals surface area contributed by atoms with Crippen LogP contribution < -0.4 is 0 Å². The van der Waals surface area contributed by atoms with Crippen molar-refractivity contribution in [2.75, 3.05) is 0 Å². The van der Waals surface area contributed by atoms with Gasteiger partial charge in [-0.2, -0.15) is 5.26 Å². The first-order chi connectivity index (χ1) is 10.6. The number of rotatable bonds is 2. The van der Waals surface area contributed by atoms with E-state index in [1.165, 1.54) is 6.07 Å². The molecule has 0 radical (unpaired) electrons. The van der Waals surface area contributed by atoms with E-state index in [2.05, 4.69) is 11.1 Å². The molecule has 5 nitrogen and oxygen atoms in total. The summed E-state index contributed by atoms with van der Waals surface area (Å²) in [5.74, 6) is -1.63. The quantitative estimate of drug-likeness (QED) is 0.756. The molecule has 0 aliphatic heterocycles. The van der Waals surface area contributed by atoms with Crippen LogP contribution >= 0.6 is 0 Å². The molecule has 2 aromatic carbocycles. The van der Waals surface area contributed by atoms with Crippen LogP contribution in [0.1, 0.15) is 15.9 Å². The van der Waals surface area contributed by atoms with Crippen molar-refractivity contribution < 1.29 is 15.0 Å². The molecule has 3 rings (SSSR count). The second-order valence-electron chi connectivity index (χ2n) is 4.75. The van der Waals surface area contributed by atoms with E-state index in [9.17, 15) is 9.90 Å². The van der Waals surface area contributed by atoms with E-state index in [0.717, 1.165) is 17.0 Å². The lowest BCUT2D eigenvalue weighted by molar-refractivity contribution is 0.0693. The molecule has 0 bridgehead atoms. The van der Waals surface area contributed by atoms with Crippen LogP contribution in [0.2, 0.25) is 0 Å². The van der Waals surface area contributed by atoms with Crippen molar-refractivity contribution >= 4 is 16.7 Å². The molecule has 0 spiro atoms.